The van der Waals surface area contributed by atoms with Gasteiger partial charge in [-0.1, -0.05) is 12.1 Å². The molecule has 3 aromatic rings. The first-order chi connectivity index (χ1) is 11.5. The highest BCUT2D eigenvalue weighted by Crippen LogP contribution is 2.26. The number of fused-ring (bicyclic) bond motifs is 1. The van der Waals surface area contributed by atoms with Gasteiger partial charge in [0.25, 0.3) is 0 Å². The van der Waals surface area contributed by atoms with Gasteiger partial charge in [0, 0.05) is 17.3 Å². The van der Waals surface area contributed by atoms with Crippen LogP contribution in [0.4, 0.5) is 10.2 Å². The average molecular weight is 320 g/mol. The van der Waals surface area contributed by atoms with E-state index in [0.717, 1.165) is 21.9 Å². The predicted molar refractivity (Wildman–Crippen MR) is 92.2 cm³/mol. The molecule has 0 aliphatic carbocycles. The van der Waals surface area contributed by atoms with Crippen molar-refractivity contribution in [3.8, 4) is 6.07 Å². The van der Waals surface area contributed by atoms with Crippen LogP contribution in [0, 0.1) is 37.9 Å². The summed E-state index contributed by atoms with van der Waals surface area (Å²) < 4.78 is 13.8. The maximum atomic E-state index is 13.8. The van der Waals surface area contributed by atoms with Crippen molar-refractivity contribution in [2.45, 2.75) is 27.3 Å². The quantitative estimate of drug-likeness (QED) is 0.786. The summed E-state index contributed by atoms with van der Waals surface area (Å²) in [5.41, 5.74) is 3.88. The van der Waals surface area contributed by atoms with E-state index in [1.165, 1.54) is 6.07 Å². The monoisotopic (exact) mass is 320 g/mol. The molecule has 1 heterocycles. The highest BCUT2D eigenvalue weighted by molar-refractivity contribution is 5.93. The minimum atomic E-state index is -0.248. The molecular weight excluding hydrogens is 303 g/mol. The van der Waals surface area contributed by atoms with Gasteiger partial charge >= 0.3 is 0 Å². The second kappa shape index (κ2) is 6.25. The molecule has 0 radical (unpaired) electrons. The van der Waals surface area contributed by atoms with Crippen LogP contribution in [0.5, 0.6) is 0 Å². The molecule has 5 heteroatoms. The molecule has 2 aromatic carbocycles. The average Bonchev–Trinajstić information content (AvgIpc) is 2.57. The fourth-order valence-corrected chi connectivity index (χ4v) is 2.72. The third-order valence-corrected chi connectivity index (χ3v) is 4.26. The zero-order valence-corrected chi connectivity index (χ0v) is 13.8. The number of hydrogen-bond donors (Lipinski definition) is 1. The van der Waals surface area contributed by atoms with Crippen LogP contribution in [0.1, 0.15) is 27.9 Å². The van der Waals surface area contributed by atoms with Crippen molar-refractivity contribution in [2.24, 2.45) is 0 Å². The van der Waals surface area contributed by atoms with Crippen LogP contribution < -0.4 is 5.32 Å². The summed E-state index contributed by atoms with van der Waals surface area (Å²) in [6.45, 7) is 5.99. The molecule has 0 aliphatic rings. The minimum Gasteiger partial charge on any atom is -0.364 e. The van der Waals surface area contributed by atoms with Crippen LogP contribution >= 0.6 is 0 Å². The number of aryl methyl sites for hydroxylation is 2. The number of benzene rings is 2. The Morgan fingerprint density at radius 1 is 1.12 bits per heavy atom. The largest absolute Gasteiger partial charge is 0.364 e. The molecule has 0 saturated heterocycles. The first kappa shape index (κ1) is 15.9. The summed E-state index contributed by atoms with van der Waals surface area (Å²) >= 11 is 0. The minimum absolute atomic E-state index is 0.248. The molecule has 0 spiro atoms. The molecule has 0 unspecified atom stereocenters. The summed E-state index contributed by atoms with van der Waals surface area (Å²) in [6.07, 6.45) is 0. The maximum Gasteiger partial charge on any atom is 0.156 e. The first-order valence-electron chi connectivity index (χ1n) is 7.67. The molecule has 0 saturated carbocycles. The normalized spacial score (nSPS) is 10.6. The van der Waals surface area contributed by atoms with Crippen LogP contribution in [0.3, 0.4) is 0 Å². The molecule has 0 atom stereocenters. The molecule has 0 bridgehead atoms. The van der Waals surface area contributed by atoms with E-state index in [1.54, 1.807) is 19.1 Å². The highest BCUT2D eigenvalue weighted by Gasteiger charge is 2.11. The fourth-order valence-electron chi connectivity index (χ4n) is 2.72. The van der Waals surface area contributed by atoms with E-state index < -0.39 is 0 Å². The number of anilines is 1. The van der Waals surface area contributed by atoms with E-state index in [2.05, 4.69) is 21.6 Å². The summed E-state index contributed by atoms with van der Waals surface area (Å²) in [4.78, 5) is 0. The molecule has 0 fully saturated rings. The van der Waals surface area contributed by atoms with Gasteiger partial charge in [-0.05, 0) is 55.7 Å². The van der Waals surface area contributed by atoms with Crippen LogP contribution in [0.25, 0.3) is 10.8 Å². The summed E-state index contributed by atoms with van der Waals surface area (Å²) in [5.74, 6) is 0.363. The first-order valence-corrected chi connectivity index (χ1v) is 7.67. The lowest BCUT2D eigenvalue weighted by molar-refractivity contribution is 0.620. The zero-order valence-electron chi connectivity index (χ0n) is 13.8. The number of rotatable bonds is 3. The molecule has 0 amide bonds. The van der Waals surface area contributed by atoms with Crippen LogP contribution in [-0.2, 0) is 6.54 Å². The Labute approximate surface area is 140 Å². The second-order valence-electron chi connectivity index (χ2n) is 5.84. The smallest absolute Gasteiger partial charge is 0.156 e. The second-order valence-corrected chi connectivity index (χ2v) is 5.84. The van der Waals surface area contributed by atoms with Crippen molar-refractivity contribution in [3.63, 3.8) is 0 Å². The molecule has 1 N–H and O–H groups in total. The van der Waals surface area contributed by atoms with Crippen molar-refractivity contribution in [2.75, 3.05) is 5.32 Å². The lowest BCUT2D eigenvalue weighted by Crippen LogP contribution is -2.06. The summed E-state index contributed by atoms with van der Waals surface area (Å²) in [7, 11) is 0. The van der Waals surface area contributed by atoms with E-state index in [4.69, 9.17) is 5.26 Å². The number of halogens is 1. The molecule has 0 aliphatic heterocycles. The van der Waals surface area contributed by atoms with Gasteiger partial charge in [-0.2, -0.15) is 10.4 Å². The van der Waals surface area contributed by atoms with Gasteiger partial charge in [0.05, 0.1) is 17.3 Å². The number of hydrogen-bond acceptors (Lipinski definition) is 4. The standard InChI is InChI=1S/C19H17FN4/c1-11-7-17-16(8-18(11)20)13(3)23-24-19(17)22-10-15-6-4-5-14(9-21)12(15)2/h4-8H,10H2,1-3H3,(H,22,24). The third-order valence-electron chi connectivity index (χ3n) is 4.26. The van der Waals surface area contributed by atoms with Crippen molar-refractivity contribution in [1.82, 2.24) is 10.2 Å². The number of nitrogens with one attached hydrogen (secondary N) is 1. The van der Waals surface area contributed by atoms with Crippen molar-refractivity contribution >= 4 is 16.6 Å². The van der Waals surface area contributed by atoms with E-state index in [9.17, 15) is 4.39 Å². The van der Waals surface area contributed by atoms with Crippen LogP contribution in [-0.4, -0.2) is 10.2 Å². The van der Waals surface area contributed by atoms with Crippen LogP contribution in [0.2, 0.25) is 0 Å². The molecule has 4 nitrogen and oxygen atoms in total. The lowest BCUT2D eigenvalue weighted by Gasteiger charge is -2.12. The fraction of sp³-hybridized carbons (Fsp3) is 0.211. The Balaban J connectivity index is 1.98. The molecular formula is C19H17FN4. The third kappa shape index (κ3) is 2.79. The van der Waals surface area contributed by atoms with Gasteiger partial charge in [0.1, 0.15) is 5.82 Å². The van der Waals surface area contributed by atoms with Crippen molar-refractivity contribution in [3.05, 3.63) is 64.1 Å². The van der Waals surface area contributed by atoms with Gasteiger partial charge in [-0.15, -0.1) is 5.10 Å². The SMILES string of the molecule is Cc1cc2c(NCc3cccc(C#N)c3C)nnc(C)c2cc1F. The van der Waals surface area contributed by atoms with Crippen LogP contribution in [0.15, 0.2) is 30.3 Å². The zero-order chi connectivity index (χ0) is 17.3. The lowest BCUT2D eigenvalue weighted by atomic mass is 10.0. The van der Waals surface area contributed by atoms with E-state index >= 15 is 0 Å². The molecule has 3 rings (SSSR count). The molecule has 120 valence electrons. The van der Waals surface area contributed by atoms with E-state index in [0.29, 0.717) is 29.2 Å². The summed E-state index contributed by atoms with van der Waals surface area (Å²) in [5, 5.41) is 22.3. The number of aromatic nitrogens is 2. The van der Waals surface area contributed by atoms with E-state index in [-0.39, 0.29) is 5.82 Å². The summed E-state index contributed by atoms with van der Waals surface area (Å²) in [6, 6.07) is 11.1. The van der Waals surface area contributed by atoms with Gasteiger partial charge in [0.15, 0.2) is 5.82 Å². The Morgan fingerprint density at radius 2 is 1.92 bits per heavy atom. The predicted octanol–water partition coefficient (Wildman–Crippen LogP) is 4.18. The van der Waals surface area contributed by atoms with Crippen molar-refractivity contribution < 1.29 is 4.39 Å². The molecule has 1 aromatic heterocycles. The molecule has 24 heavy (non-hydrogen) atoms. The highest BCUT2D eigenvalue weighted by atomic mass is 19.1. The van der Waals surface area contributed by atoms with Crippen molar-refractivity contribution in [1.29, 1.82) is 5.26 Å². The van der Waals surface area contributed by atoms with E-state index in [1.807, 2.05) is 26.0 Å². The maximum absolute atomic E-state index is 13.8. The Bertz CT molecular complexity index is 973. The topological polar surface area (TPSA) is 61.6 Å². The van der Waals surface area contributed by atoms with Gasteiger partial charge in [0.2, 0.25) is 0 Å². The Morgan fingerprint density at radius 3 is 2.67 bits per heavy atom. The Kier molecular flexibility index (Phi) is 4.13. The number of nitrogens with zero attached hydrogens (tertiary/aromatic N) is 3. The number of nitriles is 1. The Hall–Kier alpha value is -3.00. The van der Waals surface area contributed by atoms with Gasteiger partial charge in [-0.3, -0.25) is 0 Å². The van der Waals surface area contributed by atoms with Gasteiger partial charge < -0.3 is 5.32 Å². The van der Waals surface area contributed by atoms with Gasteiger partial charge in [-0.25, -0.2) is 4.39 Å².